The Hall–Kier alpha value is -2.24. The third-order valence-corrected chi connectivity index (χ3v) is 2.07. The molecule has 0 amide bonds. The van der Waals surface area contributed by atoms with Gasteiger partial charge in [0, 0.05) is 17.7 Å². The van der Waals surface area contributed by atoms with Gasteiger partial charge in [-0.15, -0.1) is 0 Å². The van der Waals surface area contributed by atoms with E-state index < -0.39 is 5.82 Å². The highest BCUT2D eigenvalue weighted by atomic mass is 19.1. The molecule has 3 N–H and O–H groups in total. The molecule has 0 fully saturated rings. The lowest BCUT2D eigenvalue weighted by Gasteiger charge is -2.05. The summed E-state index contributed by atoms with van der Waals surface area (Å²) in [7, 11) is 1.31. The van der Waals surface area contributed by atoms with E-state index >= 15 is 0 Å². The number of nitrogen functional groups attached to an aromatic ring is 1. The molecule has 0 radical (unpaired) electrons. The lowest BCUT2D eigenvalue weighted by Crippen LogP contribution is -1.89. The van der Waals surface area contributed by atoms with Crippen LogP contribution in [0.2, 0.25) is 0 Å². The first-order chi connectivity index (χ1) is 7.61. The zero-order valence-electron chi connectivity index (χ0n) is 8.40. The molecule has 16 heavy (non-hydrogen) atoms. The van der Waals surface area contributed by atoms with Crippen LogP contribution < -0.4 is 10.5 Å². The number of nitrogens with zero attached hydrogens (tertiary/aromatic N) is 1. The van der Waals surface area contributed by atoms with Crippen LogP contribution in [-0.4, -0.2) is 17.4 Å². The van der Waals surface area contributed by atoms with Gasteiger partial charge in [0.05, 0.1) is 7.11 Å². The number of phenolic OH excluding ortho intramolecular Hbond substituents is 1. The summed E-state index contributed by atoms with van der Waals surface area (Å²) in [6.07, 6.45) is 0. The fourth-order valence-corrected chi connectivity index (χ4v) is 1.32. The Morgan fingerprint density at radius 3 is 2.75 bits per heavy atom. The van der Waals surface area contributed by atoms with Crippen LogP contribution in [0.25, 0.3) is 11.3 Å². The van der Waals surface area contributed by atoms with Gasteiger partial charge < -0.3 is 20.1 Å². The van der Waals surface area contributed by atoms with Crippen molar-refractivity contribution in [2.75, 3.05) is 12.8 Å². The molecule has 1 aromatic carbocycles. The largest absolute Gasteiger partial charge is 0.507 e. The predicted molar refractivity (Wildman–Crippen MR) is 54.5 cm³/mol. The molecule has 0 unspecified atom stereocenters. The maximum atomic E-state index is 13.4. The molecule has 2 aromatic rings. The van der Waals surface area contributed by atoms with E-state index in [1.165, 1.54) is 13.2 Å². The highest BCUT2D eigenvalue weighted by molar-refractivity contribution is 5.69. The van der Waals surface area contributed by atoms with Crippen molar-refractivity contribution in [1.82, 2.24) is 5.16 Å². The standard InChI is InChI=1S/C10H9FN2O3/c1-15-9-4-8(14)5(2-6(9)11)7-3-10(12)16-13-7/h2-4,14H,12H2,1H3. The average Bonchev–Trinajstić information content (AvgIpc) is 2.67. The number of aromatic hydroxyl groups is 1. The monoisotopic (exact) mass is 224 g/mol. The number of methoxy groups -OCH3 is 1. The molecule has 84 valence electrons. The van der Waals surface area contributed by atoms with Crippen molar-refractivity contribution in [3.8, 4) is 22.8 Å². The molecule has 0 saturated heterocycles. The lowest BCUT2D eigenvalue weighted by molar-refractivity contribution is 0.380. The van der Waals surface area contributed by atoms with Crippen molar-refractivity contribution in [2.45, 2.75) is 0 Å². The van der Waals surface area contributed by atoms with E-state index in [9.17, 15) is 9.50 Å². The molecule has 0 aliphatic rings. The van der Waals surface area contributed by atoms with Gasteiger partial charge in [0.15, 0.2) is 11.6 Å². The molecule has 0 saturated carbocycles. The predicted octanol–water partition coefficient (Wildman–Crippen LogP) is 1.78. The van der Waals surface area contributed by atoms with E-state index in [1.807, 2.05) is 0 Å². The van der Waals surface area contributed by atoms with Gasteiger partial charge in [-0.3, -0.25) is 0 Å². The van der Waals surface area contributed by atoms with Crippen LogP contribution in [0.15, 0.2) is 22.7 Å². The highest BCUT2D eigenvalue weighted by Gasteiger charge is 2.14. The summed E-state index contributed by atoms with van der Waals surface area (Å²) in [4.78, 5) is 0. The van der Waals surface area contributed by atoms with Gasteiger partial charge >= 0.3 is 0 Å². The number of hydrogen-bond acceptors (Lipinski definition) is 5. The zero-order chi connectivity index (χ0) is 11.7. The maximum Gasteiger partial charge on any atom is 0.222 e. The summed E-state index contributed by atoms with van der Waals surface area (Å²) in [5, 5.41) is 13.2. The molecule has 0 aliphatic carbocycles. The first-order valence-electron chi connectivity index (χ1n) is 4.41. The maximum absolute atomic E-state index is 13.4. The van der Waals surface area contributed by atoms with Gasteiger partial charge in [-0.1, -0.05) is 5.16 Å². The number of benzene rings is 1. The van der Waals surface area contributed by atoms with Crippen molar-refractivity contribution in [1.29, 1.82) is 0 Å². The number of rotatable bonds is 2. The molecule has 6 heteroatoms. The van der Waals surface area contributed by atoms with Crippen molar-refractivity contribution in [3.63, 3.8) is 0 Å². The molecular weight excluding hydrogens is 215 g/mol. The summed E-state index contributed by atoms with van der Waals surface area (Å²) in [6.45, 7) is 0. The van der Waals surface area contributed by atoms with Crippen LogP contribution in [0.5, 0.6) is 11.5 Å². The van der Waals surface area contributed by atoms with E-state index in [0.717, 1.165) is 12.1 Å². The summed E-state index contributed by atoms with van der Waals surface area (Å²) in [6, 6.07) is 3.65. The second kappa shape index (κ2) is 3.73. The van der Waals surface area contributed by atoms with Gasteiger partial charge in [0.1, 0.15) is 11.4 Å². The molecule has 1 aromatic heterocycles. The van der Waals surface area contributed by atoms with Crippen LogP contribution >= 0.6 is 0 Å². The Kier molecular flexibility index (Phi) is 2.40. The van der Waals surface area contributed by atoms with Crippen LogP contribution in [0, 0.1) is 5.82 Å². The minimum Gasteiger partial charge on any atom is -0.507 e. The lowest BCUT2D eigenvalue weighted by atomic mass is 10.1. The van der Waals surface area contributed by atoms with E-state index in [4.69, 9.17) is 10.5 Å². The summed E-state index contributed by atoms with van der Waals surface area (Å²) in [5.74, 6) is -0.716. The Morgan fingerprint density at radius 1 is 1.44 bits per heavy atom. The number of halogens is 1. The summed E-state index contributed by atoms with van der Waals surface area (Å²) < 4.78 is 22.7. The SMILES string of the molecule is COc1cc(O)c(-c2cc(N)on2)cc1F. The van der Waals surface area contributed by atoms with Crippen LogP contribution in [0.1, 0.15) is 0 Å². The Morgan fingerprint density at radius 2 is 2.19 bits per heavy atom. The normalized spacial score (nSPS) is 10.4. The van der Waals surface area contributed by atoms with Gasteiger partial charge in [-0.05, 0) is 6.07 Å². The van der Waals surface area contributed by atoms with Crippen molar-refractivity contribution >= 4 is 5.88 Å². The van der Waals surface area contributed by atoms with Crippen LogP contribution in [-0.2, 0) is 0 Å². The fraction of sp³-hybridized carbons (Fsp3) is 0.100. The van der Waals surface area contributed by atoms with E-state index in [0.29, 0.717) is 0 Å². The topological polar surface area (TPSA) is 81.5 Å². The first kappa shape index (κ1) is 10.3. The van der Waals surface area contributed by atoms with E-state index in [1.54, 1.807) is 0 Å². The summed E-state index contributed by atoms with van der Waals surface area (Å²) in [5.41, 5.74) is 5.78. The second-order valence-corrected chi connectivity index (χ2v) is 3.12. The molecule has 0 atom stereocenters. The molecule has 0 bridgehead atoms. The number of aromatic nitrogens is 1. The second-order valence-electron chi connectivity index (χ2n) is 3.12. The minimum absolute atomic E-state index is 0.0438. The van der Waals surface area contributed by atoms with E-state index in [-0.39, 0.29) is 28.6 Å². The van der Waals surface area contributed by atoms with Crippen LogP contribution in [0.3, 0.4) is 0 Å². The van der Waals surface area contributed by atoms with Crippen molar-refractivity contribution in [2.24, 2.45) is 0 Å². The minimum atomic E-state index is -0.600. The van der Waals surface area contributed by atoms with Crippen molar-refractivity contribution in [3.05, 3.63) is 24.0 Å². The smallest absolute Gasteiger partial charge is 0.222 e. The fourth-order valence-electron chi connectivity index (χ4n) is 1.32. The molecule has 2 rings (SSSR count). The van der Waals surface area contributed by atoms with Crippen LogP contribution in [0.4, 0.5) is 10.3 Å². The Balaban J connectivity index is 2.54. The number of nitrogens with two attached hydrogens (primary N) is 1. The third kappa shape index (κ3) is 1.65. The zero-order valence-corrected chi connectivity index (χ0v) is 8.40. The third-order valence-electron chi connectivity index (χ3n) is 2.07. The Bertz CT molecular complexity index is 525. The van der Waals surface area contributed by atoms with Gasteiger partial charge in [-0.2, -0.15) is 0 Å². The Labute approximate surface area is 90.2 Å². The number of anilines is 1. The number of ether oxygens (including phenoxy) is 1. The highest BCUT2D eigenvalue weighted by Crippen LogP contribution is 2.34. The molecule has 0 spiro atoms. The number of hydrogen-bond donors (Lipinski definition) is 2. The van der Waals surface area contributed by atoms with Gasteiger partial charge in [0.2, 0.25) is 5.88 Å². The number of phenols is 1. The van der Waals surface area contributed by atoms with Gasteiger partial charge in [-0.25, -0.2) is 4.39 Å². The molecule has 0 aliphatic heterocycles. The molecular formula is C10H9FN2O3. The van der Waals surface area contributed by atoms with Gasteiger partial charge in [0.25, 0.3) is 0 Å². The molecule has 1 heterocycles. The average molecular weight is 224 g/mol. The quantitative estimate of drug-likeness (QED) is 0.812. The van der Waals surface area contributed by atoms with E-state index in [2.05, 4.69) is 9.68 Å². The molecule has 5 nitrogen and oxygen atoms in total. The first-order valence-corrected chi connectivity index (χ1v) is 4.41. The van der Waals surface area contributed by atoms with Crippen molar-refractivity contribution < 1.29 is 18.8 Å². The summed E-state index contributed by atoms with van der Waals surface area (Å²) >= 11 is 0.